The van der Waals surface area contributed by atoms with Crippen LogP contribution in [0.15, 0.2) is 36.5 Å². The third-order valence-electron chi connectivity index (χ3n) is 14.9. The zero-order chi connectivity index (χ0) is 49.9. The predicted octanol–water partition coefficient (Wildman–Crippen LogP) is 21.2. The molecule has 0 radical (unpaired) electrons. The van der Waals surface area contributed by atoms with Gasteiger partial charge in [-0.3, -0.25) is 4.79 Å². The lowest BCUT2D eigenvalue weighted by atomic mass is 10.0. The molecule has 0 aromatic carbocycles. The highest BCUT2D eigenvalue weighted by Crippen LogP contribution is 2.18. The van der Waals surface area contributed by atoms with Crippen LogP contribution < -0.4 is 5.32 Å². The Morgan fingerprint density at radius 2 is 0.594 bits per heavy atom. The molecule has 0 fully saturated rings. The second-order valence-electron chi connectivity index (χ2n) is 21.8. The summed E-state index contributed by atoms with van der Waals surface area (Å²) in [6.07, 6.45) is 83.1. The molecule has 4 nitrogen and oxygen atoms in total. The molecule has 69 heavy (non-hydrogen) atoms. The summed E-state index contributed by atoms with van der Waals surface area (Å²) in [5, 5.41) is 23.4. The van der Waals surface area contributed by atoms with Gasteiger partial charge >= 0.3 is 0 Å². The smallest absolute Gasteiger partial charge is 0.220 e. The maximum atomic E-state index is 12.5. The summed E-state index contributed by atoms with van der Waals surface area (Å²) in [6, 6.07) is -0.534. The Hall–Kier alpha value is -1.39. The average Bonchev–Trinajstić information content (AvgIpc) is 3.35. The summed E-state index contributed by atoms with van der Waals surface area (Å²) in [5.41, 5.74) is 0. The van der Waals surface area contributed by atoms with Crippen molar-refractivity contribution in [3.05, 3.63) is 36.5 Å². The van der Waals surface area contributed by atoms with Gasteiger partial charge in [-0.05, 0) is 51.4 Å². The Balaban J connectivity index is 3.38. The first-order valence-electron chi connectivity index (χ1n) is 31.7. The molecule has 0 heterocycles. The normalized spacial score (nSPS) is 12.9. The van der Waals surface area contributed by atoms with E-state index in [2.05, 4.69) is 55.6 Å². The number of unbranched alkanes of at least 4 members (excludes halogenated alkanes) is 46. The molecular formula is C65H125NO3. The van der Waals surface area contributed by atoms with E-state index in [9.17, 15) is 15.0 Å². The van der Waals surface area contributed by atoms with Gasteiger partial charge in [-0.15, -0.1) is 0 Å². The van der Waals surface area contributed by atoms with E-state index in [1.165, 1.54) is 289 Å². The molecule has 1 amide bonds. The van der Waals surface area contributed by atoms with Crippen molar-refractivity contribution in [2.75, 3.05) is 6.61 Å². The SMILES string of the molecule is CCCCCCC/C=C\C/C=C\C/C=C\CCCCCCCCCCCCCCCCCCCCCCCCCCC(=O)NC(CO)C(O)CCCCCCCCCCCCCCCCCCCC. The number of amides is 1. The van der Waals surface area contributed by atoms with E-state index < -0.39 is 12.1 Å². The predicted molar refractivity (Wildman–Crippen MR) is 308 cm³/mol. The van der Waals surface area contributed by atoms with Crippen molar-refractivity contribution in [1.82, 2.24) is 5.32 Å². The zero-order valence-electron chi connectivity index (χ0n) is 47.1. The minimum Gasteiger partial charge on any atom is -0.394 e. The van der Waals surface area contributed by atoms with Gasteiger partial charge in [0.15, 0.2) is 0 Å². The number of carbonyl (C=O) groups excluding carboxylic acids is 1. The van der Waals surface area contributed by atoms with Crippen LogP contribution in [0.3, 0.4) is 0 Å². The highest BCUT2D eigenvalue weighted by atomic mass is 16.3. The Morgan fingerprint density at radius 3 is 0.884 bits per heavy atom. The van der Waals surface area contributed by atoms with Crippen molar-refractivity contribution in [3.8, 4) is 0 Å². The van der Waals surface area contributed by atoms with E-state index in [-0.39, 0.29) is 12.5 Å². The lowest BCUT2D eigenvalue weighted by Gasteiger charge is -2.22. The van der Waals surface area contributed by atoms with E-state index in [0.29, 0.717) is 12.8 Å². The van der Waals surface area contributed by atoms with Crippen LogP contribution in [-0.4, -0.2) is 34.9 Å². The number of allylic oxidation sites excluding steroid dienone is 6. The highest BCUT2D eigenvalue weighted by molar-refractivity contribution is 5.76. The fourth-order valence-electron chi connectivity index (χ4n) is 10.1. The van der Waals surface area contributed by atoms with Crippen LogP contribution in [0.4, 0.5) is 0 Å². The van der Waals surface area contributed by atoms with E-state index in [1.807, 2.05) is 0 Å². The lowest BCUT2D eigenvalue weighted by Crippen LogP contribution is -2.45. The van der Waals surface area contributed by atoms with Crippen molar-refractivity contribution in [3.63, 3.8) is 0 Å². The molecule has 3 N–H and O–H groups in total. The molecule has 0 saturated carbocycles. The van der Waals surface area contributed by atoms with Gasteiger partial charge in [0.1, 0.15) is 0 Å². The lowest BCUT2D eigenvalue weighted by molar-refractivity contribution is -0.123. The summed E-state index contributed by atoms with van der Waals surface area (Å²) in [7, 11) is 0. The van der Waals surface area contributed by atoms with Crippen molar-refractivity contribution in [2.24, 2.45) is 0 Å². The van der Waals surface area contributed by atoms with E-state index in [0.717, 1.165) is 38.5 Å². The second kappa shape index (κ2) is 60.9. The molecule has 0 aromatic rings. The van der Waals surface area contributed by atoms with Crippen molar-refractivity contribution in [2.45, 2.75) is 366 Å². The van der Waals surface area contributed by atoms with Crippen molar-refractivity contribution in [1.29, 1.82) is 0 Å². The number of rotatable bonds is 59. The standard InChI is InChI=1S/C65H125NO3/c1-3-5-7-9-11-13-15-17-19-21-23-24-25-26-27-28-29-30-31-32-33-34-35-36-37-38-39-40-41-42-43-45-47-49-51-53-55-57-59-61-65(69)66-63(62-67)64(68)60-58-56-54-52-50-48-46-44-22-20-18-16-14-12-10-8-6-4-2/h15,17,21,23,25-26,63-64,67-68H,3-14,16,18-20,22,24,27-62H2,1-2H3,(H,66,69)/b17-15-,23-21-,26-25-. The molecule has 0 aliphatic rings. The molecule has 0 aliphatic carbocycles. The largest absolute Gasteiger partial charge is 0.394 e. The molecular weight excluding hydrogens is 843 g/mol. The number of hydrogen-bond acceptors (Lipinski definition) is 3. The van der Waals surface area contributed by atoms with Gasteiger partial charge in [0.05, 0.1) is 18.8 Å². The fourth-order valence-corrected chi connectivity index (χ4v) is 10.1. The maximum Gasteiger partial charge on any atom is 0.220 e. The van der Waals surface area contributed by atoms with Crippen LogP contribution in [0.25, 0.3) is 0 Å². The van der Waals surface area contributed by atoms with Crippen LogP contribution in [0.2, 0.25) is 0 Å². The van der Waals surface area contributed by atoms with Crippen LogP contribution in [0.1, 0.15) is 354 Å². The Kier molecular flexibility index (Phi) is 59.7. The summed E-state index contributed by atoms with van der Waals surface area (Å²) in [5.74, 6) is -0.0240. The summed E-state index contributed by atoms with van der Waals surface area (Å²) in [4.78, 5) is 12.5. The topological polar surface area (TPSA) is 69.6 Å². The van der Waals surface area contributed by atoms with Gasteiger partial charge < -0.3 is 15.5 Å². The molecule has 0 rings (SSSR count). The first kappa shape index (κ1) is 67.6. The number of aliphatic hydroxyl groups is 2. The van der Waals surface area contributed by atoms with Crippen LogP contribution in [0.5, 0.6) is 0 Å². The number of hydrogen-bond donors (Lipinski definition) is 3. The van der Waals surface area contributed by atoms with E-state index in [4.69, 9.17) is 0 Å². The monoisotopic (exact) mass is 968 g/mol. The van der Waals surface area contributed by atoms with E-state index in [1.54, 1.807) is 0 Å². The van der Waals surface area contributed by atoms with Gasteiger partial charge in [0.2, 0.25) is 5.91 Å². The maximum absolute atomic E-state index is 12.5. The van der Waals surface area contributed by atoms with Gasteiger partial charge in [0, 0.05) is 6.42 Å². The Labute approximate surface area is 433 Å². The van der Waals surface area contributed by atoms with Gasteiger partial charge in [-0.1, -0.05) is 333 Å². The quantitative estimate of drug-likeness (QED) is 0.0420. The summed E-state index contributed by atoms with van der Waals surface area (Å²) >= 11 is 0. The van der Waals surface area contributed by atoms with Crippen LogP contribution in [0, 0.1) is 0 Å². The molecule has 0 aromatic heterocycles. The highest BCUT2D eigenvalue weighted by Gasteiger charge is 2.20. The molecule has 0 spiro atoms. The molecule has 0 saturated heterocycles. The van der Waals surface area contributed by atoms with Crippen molar-refractivity contribution >= 4 is 5.91 Å². The first-order chi connectivity index (χ1) is 34.2. The zero-order valence-corrected chi connectivity index (χ0v) is 47.1. The minimum absolute atomic E-state index is 0.0240. The fraction of sp³-hybridized carbons (Fsp3) is 0.892. The van der Waals surface area contributed by atoms with E-state index >= 15 is 0 Å². The van der Waals surface area contributed by atoms with Crippen LogP contribution >= 0.6 is 0 Å². The number of nitrogens with one attached hydrogen (secondary N) is 1. The molecule has 2 atom stereocenters. The molecule has 4 heteroatoms. The molecule has 2 unspecified atom stereocenters. The molecule has 0 aliphatic heterocycles. The average molecular weight is 969 g/mol. The molecule has 0 bridgehead atoms. The van der Waals surface area contributed by atoms with Gasteiger partial charge in [-0.2, -0.15) is 0 Å². The van der Waals surface area contributed by atoms with Crippen molar-refractivity contribution < 1.29 is 15.0 Å². The Bertz CT molecular complexity index is 1050. The molecule has 408 valence electrons. The summed E-state index contributed by atoms with van der Waals surface area (Å²) < 4.78 is 0. The third-order valence-corrected chi connectivity index (χ3v) is 14.9. The third kappa shape index (κ3) is 57.4. The van der Waals surface area contributed by atoms with Crippen LogP contribution in [-0.2, 0) is 4.79 Å². The minimum atomic E-state index is -0.658. The summed E-state index contributed by atoms with van der Waals surface area (Å²) in [6.45, 7) is 4.38. The first-order valence-corrected chi connectivity index (χ1v) is 31.7. The second-order valence-corrected chi connectivity index (χ2v) is 21.8. The number of aliphatic hydroxyl groups excluding tert-OH is 2. The van der Waals surface area contributed by atoms with Gasteiger partial charge in [0.25, 0.3) is 0 Å². The van der Waals surface area contributed by atoms with Gasteiger partial charge in [-0.25, -0.2) is 0 Å². The number of carbonyl (C=O) groups is 1. The Morgan fingerprint density at radius 1 is 0.348 bits per heavy atom.